The van der Waals surface area contributed by atoms with Crippen molar-refractivity contribution in [2.24, 2.45) is 0 Å². The summed E-state index contributed by atoms with van der Waals surface area (Å²) in [7, 11) is 0. The molecule has 1 N–H and O–H groups in total. The van der Waals surface area contributed by atoms with Gasteiger partial charge >= 0.3 is 0 Å². The van der Waals surface area contributed by atoms with Crippen LogP contribution in [0.1, 0.15) is 21.8 Å². The Morgan fingerprint density at radius 2 is 1.96 bits per heavy atom. The fourth-order valence-corrected chi connectivity index (χ4v) is 2.44. The number of hydrogen-bond acceptors (Lipinski definition) is 3. The molecule has 1 aromatic heterocycles. The number of aryl methyl sites for hydroxylation is 1. The molecule has 128 valence electrons. The minimum Gasteiger partial charge on any atom is -0.441 e. The molecule has 0 saturated heterocycles. The van der Waals surface area contributed by atoms with Crippen molar-refractivity contribution in [3.8, 4) is 11.5 Å². The zero-order chi connectivity index (χ0) is 17.8. The Kier molecular flexibility index (Phi) is 4.88. The van der Waals surface area contributed by atoms with Gasteiger partial charge in [-0.25, -0.2) is 13.8 Å². The average molecular weight is 342 g/mol. The number of rotatable bonds is 5. The molecule has 2 aromatic carbocycles. The molecule has 1 amide bonds. The third kappa shape index (κ3) is 3.91. The normalized spacial score (nSPS) is 10.7. The van der Waals surface area contributed by atoms with Crippen LogP contribution in [0, 0.1) is 18.6 Å². The van der Waals surface area contributed by atoms with E-state index in [1.165, 1.54) is 30.3 Å². The highest BCUT2D eigenvalue weighted by Gasteiger charge is 2.14. The third-order valence-electron chi connectivity index (χ3n) is 3.73. The van der Waals surface area contributed by atoms with Crippen molar-refractivity contribution in [2.45, 2.75) is 13.3 Å². The minimum absolute atomic E-state index is 0.210. The molecule has 0 spiro atoms. The van der Waals surface area contributed by atoms with E-state index in [0.717, 1.165) is 0 Å². The van der Waals surface area contributed by atoms with E-state index in [-0.39, 0.29) is 17.4 Å². The topological polar surface area (TPSA) is 55.1 Å². The first-order valence-electron chi connectivity index (χ1n) is 7.79. The number of hydrogen-bond donors (Lipinski definition) is 1. The molecule has 0 atom stereocenters. The molecule has 0 aliphatic heterocycles. The molecule has 0 radical (unpaired) electrons. The molecule has 1 heterocycles. The number of oxazole rings is 1. The summed E-state index contributed by atoms with van der Waals surface area (Å²) in [4.78, 5) is 16.3. The smallest absolute Gasteiger partial charge is 0.251 e. The van der Waals surface area contributed by atoms with Crippen LogP contribution in [0.5, 0.6) is 0 Å². The van der Waals surface area contributed by atoms with Crippen LogP contribution in [-0.2, 0) is 6.42 Å². The lowest BCUT2D eigenvalue weighted by Crippen LogP contribution is -2.26. The Labute approximate surface area is 143 Å². The predicted octanol–water partition coefficient (Wildman–Crippen LogP) is 3.90. The second-order valence-electron chi connectivity index (χ2n) is 5.52. The summed E-state index contributed by atoms with van der Waals surface area (Å²) in [5.74, 6) is -0.459. The van der Waals surface area contributed by atoms with Crippen LogP contribution < -0.4 is 5.32 Å². The van der Waals surface area contributed by atoms with Crippen LogP contribution in [0.2, 0.25) is 0 Å². The number of benzene rings is 2. The van der Waals surface area contributed by atoms with E-state index in [0.29, 0.717) is 30.0 Å². The van der Waals surface area contributed by atoms with E-state index >= 15 is 0 Å². The molecule has 6 heteroatoms. The van der Waals surface area contributed by atoms with Crippen molar-refractivity contribution < 1.29 is 18.0 Å². The molecule has 25 heavy (non-hydrogen) atoms. The van der Waals surface area contributed by atoms with Gasteiger partial charge in [0.2, 0.25) is 5.89 Å². The molecule has 0 bridgehead atoms. The fourth-order valence-electron chi connectivity index (χ4n) is 2.44. The highest BCUT2D eigenvalue weighted by atomic mass is 19.1. The number of halogens is 2. The van der Waals surface area contributed by atoms with Crippen LogP contribution >= 0.6 is 0 Å². The summed E-state index contributed by atoms with van der Waals surface area (Å²) in [6.45, 7) is 2.04. The largest absolute Gasteiger partial charge is 0.441 e. The molecular formula is C19H16F2N2O2. The van der Waals surface area contributed by atoms with E-state index in [1.54, 1.807) is 25.1 Å². The van der Waals surface area contributed by atoms with E-state index in [9.17, 15) is 13.6 Å². The Morgan fingerprint density at radius 3 is 2.72 bits per heavy atom. The predicted molar refractivity (Wildman–Crippen MR) is 89.1 cm³/mol. The van der Waals surface area contributed by atoms with Gasteiger partial charge in [0, 0.05) is 18.5 Å². The van der Waals surface area contributed by atoms with Gasteiger partial charge in [-0.05, 0) is 37.3 Å². The Morgan fingerprint density at radius 1 is 1.16 bits per heavy atom. The van der Waals surface area contributed by atoms with Gasteiger partial charge in [-0.15, -0.1) is 0 Å². The summed E-state index contributed by atoms with van der Waals surface area (Å²) >= 11 is 0. The number of aromatic nitrogens is 1. The van der Waals surface area contributed by atoms with Crippen molar-refractivity contribution in [1.29, 1.82) is 0 Å². The maximum absolute atomic E-state index is 13.8. The summed E-state index contributed by atoms with van der Waals surface area (Å²) < 4.78 is 32.5. The Hall–Kier alpha value is -3.02. The first-order valence-corrected chi connectivity index (χ1v) is 7.79. The zero-order valence-electron chi connectivity index (χ0n) is 13.6. The van der Waals surface area contributed by atoms with Crippen molar-refractivity contribution in [3.05, 3.63) is 77.2 Å². The summed E-state index contributed by atoms with van der Waals surface area (Å²) in [6, 6.07) is 11.7. The molecule has 0 fully saturated rings. The van der Waals surface area contributed by atoms with Crippen molar-refractivity contribution in [2.75, 3.05) is 6.54 Å². The van der Waals surface area contributed by atoms with Gasteiger partial charge in [0.05, 0.1) is 11.3 Å². The van der Waals surface area contributed by atoms with Crippen molar-refractivity contribution in [1.82, 2.24) is 10.3 Å². The van der Waals surface area contributed by atoms with Gasteiger partial charge < -0.3 is 9.73 Å². The molecule has 3 aromatic rings. The van der Waals surface area contributed by atoms with Crippen LogP contribution in [0.3, 0.4) is 0 Å². The van der Waals surface area contributed by atoms with Crippen LogP contribution in [0.15, 0.2) is 52.9 Å². The quantitative estimate of drug-likeness (QED) is 0.765. The summed E-state index contributed by atoms with van der Waals surface area (Å²) in [6.07, 6.45) is 0.421. The van der Waals surface area contributed by atoms with Gasteiger partial charge in [-0.2, -0.15) is 0 Å². The van der Waals surface area contributed by atoms with E-state index < -0.39 is 11.6 Å². The lowest BCUT2D eigenvalue weighted by atomic mass is 10.2. The first-order chi connectivity index (χ1) is 12.0. The highest BCUT2D eigenvalue weighted by molar-refractivity contribution is 5.94. The SMILES string of the molecule is Cc1oc(-c2ccccc2F)nc1CCNC(=O)c1cccc(F)c1. The molecule has 0 unspecified atom stereocenters. The van der Waals surface area contributed by atoms with Gasteiger partial charge in [0.25, 0.3) is 5.91 Å². The second-order valence-corrected chi connectivity index (χ2v) is 5.52. The maximum Gasteiger partial charge on any atom is 0.251 e. The number of carbonyl (C=O) groups excluding carboxylic acids is 1. The second kappa shape index (κ2) is 7.25. The van der Waals surface area contributed by atoms with E-state index in [1.807, 2.05) is 0 Å². The lowest BCUT2D eigenvalue weighted by Gasteiger charge is -2.04. The van der Waals surface area contributed by atoms with Crippen LogP contribution in [0.25, 0.3) is 11.5 Å². The number of amides is 1. The Bertz CT molecular complexity index is 906. The molecule has 0 aliphatic rings. The Balaban J connectivity index is 1.64. The monoisotopic (exact) mass is 342 g/mol. The highest BCUT2D eigenvalue weighted by Crippen LogP contribution is 2.24. The minimum atomic E-state index is -0.463. The van der Waals surface area contributed by atoms with E-state index in [2.05, 4.69) is 10.3 Å². The summed E-state index contributed by atoms with van der Waals surface area (Å²) in [5.41, 5.74) is 1.18. The van der Waals surface area contributed by atoms with Crippen molar-refractivity contribution in [3.63, 3.8) is 0 Å². The third-order valence-corrected chi connectivity index (χ3v) is 3.73. The molecular weight excluding hydrogens is 326 g/mol. The van der Waals surface area contributed by atoms with Crippen molar-refractivity contribution >= 4 is 5.91 Å². The van der Waals surface area contributed by atoms with Crippen LogP contribution in [0.4, 0.5) is 8.78 Å². The molecule has 0 saturated carbocycles. The van der Waals surface area contributed by atoms with Gasteiger partial charge in [0.1, 0.15) is 17.4 Å². The standard InChI is InChI=1S/C19H16F2N2O2/c1-12-17(23-19(25-12)15-7-2-3-8-16(15)21)9-10-22-18(24)13-5-4-6-14(20)11-13/h2-8,11H,9-10H2,1H3,(H,22,24). The zero-order valence-corrected chi connectivity index (χ0v) is 13.6. The maximum atomic E-state index is 13.8. The van der Waals surface area contributed by atoms with Gasteiger partial charge in [-0.1, -0.05) is 18.2 Å². The fraction of sp³-hybridized carbons (Fsp3) is 0.158. The lowest BCUT2D eigenvalue weighted by molar-refractivity contribution is 0.0953. The number of nitrogens with one attached hydrogen (secondary N) is 1. The average Bonchev–Trinajstić information content (AvgIpc) is 2.96. The first kappa shape index (κ1) is 16.8. The molecule has 0 aliphatic carbocycles. The molecule has 4 nitrogen and oxygen atoms in total. The van der Waals surface area contributed by atoms with Gasteiger partial charge in [-0.3, -0.25) is 4.79 Å². The molecule has 3 rings (SSSR count). The number of carbonyl (C=O) groups is 1. The van der Waals surface area contributed by atoms with E-state index in [4.69, 9.17) is 4.42 Å². The summed E-state index contributed by atoms with van der Waals surface area (Å²) in [5, 5.41) is 2.70. The van der Waals surface area contributed by atoms with Crippen LogP contribution in [-0.4, -0.2) is 17.4 Å². The van der Waals surface area contributed by atoms with Gasteiger partial charge in [0.15, 0.2) is 0 Å². The number of nitrogens with zero attached hydrogens (tertiary/aromatic N) is 1.